The van der Waals surface area contributed by atoms with Crippen LogP contribution in [0.2, 0.25) is 0 Å². The van der Waals surface area contributed by atoms with Crippen LogP contribution in [-0.2, 0) is 11.2 Å². The van der Waals surface area contributed by atoms with Gasteiger partial charge in [-0.2, -0.15) is 4.98 Å². The lowest BCUT2D eigenvalue weighted by Crippen LogP contribution is -2.49. The lowest BCUT2D eigenvalue weighted by Gasteiger charge is -2.35. The van der Waals surface area contributed by atoms with E-state index in [-0.39, 0.29) is 5.91 Å². The third-order valence-electron chi connectivity index (χ3n) is 6.81. The molecule has 1 aliphatic heterocycles. The first-order chi connectivity index (χ1) is 16.3. The zero-order chi connectivity index (χ0) is 22.5. The van der Waals surface area contributed by atoms with E-state index < -0.39 is 0 Å². The summed E-state index contributed by atoms with van der Waals surface area (Å²) in [5.74, 6) is 2.97. The smallest absolute Gasteiger partial charge is 0.230 e. The van der Waals surface area contributed by atoms with Gasteiger partial charge in [0.2, 0.25) is 17.6 Å². The summed E-state index contributed by atoms with van der Waals surface area (Å²) in [6, 6.07) is 14.4. The first-order valence-corrected chi connectivity index (χ1v) is 12.1. The zero-order valence-electron chi connectivity index (χ0n) is 19.0. The van der Waals surface area contributed by atoms with Crippen LogP contribution in [0.3, 0.4) is 0 Å². The molecule has 2 aliphatic rings. The molecule has 2 aromatic heterocycles. The fourth-order valence-corrected chi connectivity index (χ4v) is 4.83. The Labute approximate surface area is 194 Å². The van der Waals surface area contributed by atoms with Crippen molar-refractivity contribution in [3.05, 3.63) is 60.1 Å². The van der Waals surface area contributed by atoms with Crippen molar-refractivity contribution in [3.63, 3.8) is 0 Å². The predicted molar refractivity (Wildman–Crippen MR) is 127 cm³/mol. The Kier molecular flexibility index (Phi) is 6.65. The van der Waals surface area contributed by atoms with Crippen LogP contribution in [0.15, 0.2) is 53.2 Å². The molecule has 5 rings (SSSR count). The van der Waals surface area contributed by atoms with E-state index in [4.69, 9.17) is 4.52 Å². The van der Waals surface area contributed by atoms with Gasteiger partial charge in [-0.25, -0.2) is 4.98 Å². The Bertz CT molecular complexity index is 1040. The number of aromatic nitrogens is 3. The number of pyridine rings is 1. The topological polar surface area (TPSA) is 75.4 Å². The maximum Gasteiger partial charge on any atom is 0.230 e. The second-order valence-corrected chi connectivity index (χ2v) is 9.05. The van der Waals surface area contributed by atoms with Crippen molar-refractivity contribution in [3.8, 4) is 11.4 Å². The molecule has 0 atom stereocenters. The first-order valence-electron chi connectivity index (χ1n) is 12.1. The Morgan fingerprint density at radius 1 is 1.00 bits per heavy atom. The molecule has 7 heteroatoms. The van der Waals surface area contributed by atoms with Gasteiger partial charge in [-0.15, -0.1) is 0 Å². The highest BCUT2D eigenvalue weighted by Crippen LogP contribution is 2.33. The Hall–Kier alpha value is -3.22. The molecule has 0 spiro atoms. The van der Waals surface area contributed by atoms with Crippen LogP contribution >= 0.6 is 0 Å². The van der Waals surface area contributed by atoms with Crippen LogP contribution < -0.4 is 4.90 Å². The van der Waals surface area contributed by atoms with Gasteiger partial charge in [0.05, 0.1) is 0 Å². The van der Waals surface area contributed by atoms with Gasteiger partial charge in [0.25, 0.3) is 0 Å². The third kappa shape index (κ3) is 5.24. The van der Waals surface area contributed by atoms with Crippen LogP contribution in [0, 0.1) is 0 Å². The minimum Gasteiger partial charge on any atom is -0.353 e. The molecule has 1 saturated heterocycles. The molecule has 2 fully saturated rings. The van der Waals surface area contributed by atoms with Crippen molar-refractivity contribution in [1.82, 2.24) is 20.0 Å². The summed E-state index contributed by atoms with van der Waals surface area (Å²) in [5, 5.41) is 4.16. The number of anilines is 1. The molecule has 7 nitrogen and oxygen atoms in total. The van der Waals surface area contributed by atoms with Crippen molar-refractivity contribution in [2.45, 2.75) is 50.9 Å². The van der Waals surface area contributed by atoms with Gasteiger partial charge in [-0.3, -0.25) is 4.79 Å². The van der Waals surface area contributed by atoms with Gasteiger partial charge < -0.3 is 14.3 Å². The lowest BCUT2D eigenvalue weighted by atomic mass is 10.1. The number of aryl methyl sites for hydroxylation is 1. The molecule has 1 aliphatic carbocycles. The van der Waals surface area contributed by atoms with Gasteiger partial charge in [0, 0.05) is 50.3 Å². The molecule has 1 aromatic carbocycles. The van der Waals surface area contributed by atoms with E-state index in [1.54, 1.807) is 0 Å². The van der Waals surface area contributed by atoms with Crippen LogP contribution in [0.4, 0.5) is 5.82 Å². The average molecular weight is 446 g/mol. The standard InChI is InChI=1S/C26H31N5O2/c32-24(12-6-9-20-7-2-1-3-8-20)31-17-15-30(16-18-31)23-14-13-22(19-27-23)25-28-26(33-29-25)21-10-4-5-11-21/h1-3,7-8,13-14,19,21H,4-6,9-12,15-18H2. The quantitative estimate of drug-likeness (QED) is 0.534. The summed E-state index contributed by atoms with van der Waals surface area (Å²) in [4.78, 5) is 26.1. The lowest BCUT2D eigenvalue weighted by molar-refractivity contribution is -0.131. The summed E-state index contributed by atoms with van der Waals surface area (Å²) in [5.41, 5.74) is 2.17. The summed E-state index contributed by atoms with van der Waals surface area (Å²) in [7, 11) is 0. The fraction of sp³-hybridized carbons (Fsp3) is 0.462. The van der Waals surface area contributed by atoms with E-state index in [0.29, 0.717) is 18.2 Å². The van der Waals surface area contributed by atoms with E-state index in [1.807, 2.05) is 41.4 Å². The van der Waals surface area contributed by atoms with Crippen molar-refractivity contribution >= 4 is 11.7 Å². The van der Waals surface area contributed by atoms with Gasteiger partial charge in [0.1, 0.15) is 5.82 Å². The second-order valence-electron chi connectivity index (χ2n) is 9.05. The zero-order valence-corrected chi connectivity index (χ0v) is 19.0. The molecular formula is C26H31N5O2. The van der Waals surface area contributed by atoms with Crippen LogP contribution in [0.5, 0.6) is 0 Å². The number of nitrogens with zero attached hydrogens (tertiary/aromatic N) is 5. The van der Waals surface area contributed by atoms with Crippen molar-refractivity contribution in [1.29, 1.82) is 0 Å². The van der Waals surface area contributed by atoms with Crippen LogP contribution in [0.25, 0.3) is 11.4 Å². The van der Waals surface area contributed by atoms with Crippen molar-refractivity contribution in [2.75, 3.05) is 31.1 Å². The number of benzene rings is 1. The largest absolute Gasteiger partial charge is 0.353 e. The number of carbonyl (C=O) groups is 1. The maximum absolute atomic E-state index is 12.6. The Balaban J connectivity index is 1.10. The van der Waals surface area contributed by atoms with Gasteiger partial charge in [0.15, 0.2) is 0 Å². The molecule has 172 valence electrons. The maximum atomic E-state index is 12.6. The number of amides is 1. The van der Waals surface area contributed by atoms with E-state index in [1.165, 1.54) is 18.4 Å². The second kappa shape index (κ2) is 10.1. The SMILES string of the molecule is O=C(CCCc1ccccc1)N1CCN(c2ccc(-c3noc(C4CCCC4)n3)cn2)CC1. The molecule has 0 bridgehead atoms. The molecule has 3 heterocycles. The van der Waals surface area contributed by atoms with E-state index in [9.17, 15) is 4.79 Å². The molecule has 0 unspecified atom stereocenters. The molecule has 0 radical (unpaired) electrons. The highest BCUT2D eigenvalue weighted by atomic mass is 16.5. The summed E-state index contributed by atoms with van der Waals surface area (Å²) >= 11 is 0. The summed E-state index contributed by atoms with van der Waals surface area (Å²) in [6.07, 6.45) is 9.03. The highest BCUT2D eigenvalue weighted by Gasteiger charge is 2.24. The van der Waals surface area contributed by atoms with Crippen molar-refractivity contribution in [2.24, 2.45) is 0 Å². The first kappa shape index (κ1) is 21.6. The van der Waals surface area contributed by atoms with Gasteiger partial charge >= 0.3 is 0 Å². The average Bonchev–Trinajstić information content (AvgIpc) is 3.57. The van der Waals surface area contributed by atoms with Crippen LogP contribution in [-0.4, -0.2) is 52.1 Å². The number of hydrogen-bond acceptors (Lipinski definition) is 6. The fourth-order valence-electron chi connectivity index (χ4n) is 4.83. The molecule has 1 amide bonds. The third-order valence-corrected chi connectivity index (χ3v) is 6.81. The molecule has 3 aromatic rings. The Morgan fingerprint density at radius 2 is 1.79 bits per heavy atom. The number of carbonyl (C=O) groups excluding carboxylic acids is 1. The summed E-state index contributed by atoms with van der Waals surface area (Å²) < 4.78 is 5.50. The molecule has 33 heavy (non-hydrogen) atoms. The summed E-state index contributed by atoms with van der Waals surface area (Å²) in [6.45, 7) is 3.07. The van der Waals surface area contributed by atoms with E-state index in [2.05, 4.69) is 32.2 Å². The van der Waals surface area contributed by atoms with Gasteiger partial charge in [-0.1, -0.05) is 48.3 Å². The number of rotatable bonds is 7. The minimum absolute atomic E-state index is 0.254. The van der Waals surface area contributed by atoms with Crippen molar-refractivity contribution < 1.29 is 9.32 Å². The molecular weight excluding hydrogens is 414 g/mol. The monoisotopic (exact) mass is 445 g/mol. The molecule has 1 saturated carbocycles. The number of hydrogen-bond donors (Lipinski definition) is 0. The van der Waals surface area contributed by atoms with Crippen LogP contribution in [0.1, 0.15) is 55.9 Å². The highest BCUT2D eigenvalue weighted by molar-refractivity contribution is 5.76. The Morgan fingerprint density at radius 3 is 2.52 bits per heavy atom. The normalized spacial score (nSPS) is 17.0. The van der Waals surface area contributed by atoms with E-state index in [0.717, 1.165) is 69.1 Å². The minimum atomic E-state index is 0.254. The predicted octanol–water partition coefficient (Wildman–Crippen LogP) is 4.46. The van der Waals surface area contributed by atoms with Gasteiger partial charge in [-0.05, 0) is 43.4 Å². The molecule has 0 N–H and O–H groups in total. The van der Waals surface area contributed by atoms with E-state index >= 15 is 0 Å². The number of piperazine rings is 1.